The first-order chi connectivity index (χ1) is 8.29. The van der Waals surface area contributed by atoms with Gasteiger partial charge in [-0.1, -0.05) is 18.2 Å². The van der Waals surface area contributed by atoms with Gasteiger partial charge in [0, 0.05) is 0 Å². The Morgan fingerprint density at radius 1 is 1.28 bits per heavy atom. The zero-order valence-electron chi connectivity index (χ0n) is 10.6. The Morgan fingerprint density at radius 3 is 2.17 bits per heavy atom. The van der Waals surface area contributed by atoms with Gasteiger partial charge in [-0.05, 0) is 43.5 Å². The predicted molar refractivity (Wildman–Crippen MR) is 73.6 cm³/mol. The molecule has 0 N–H and O–H groups in total. The van der Waals surface area contributed by atoms with Gasteiger partial charge in [0.15, 0.2) is 0 Å². The Hall–Kier alpha value is -1.07. The third-order valence-electron chi connectivity index (χ3n) is 2.66. The standard InChI is InChI=1S/C12H16ClNO3S/c1-4-18(16,17)14(8-11(13)15)12-9(2)6-5-7-10(12)3/h5-7H,4,8H2,1-3H3. The summed E-state index contributed by atoms with van der Waals surface area (Å²) in [5, 5.41) is -0.699. The quantitative estimate of drug-likeness (QED) is 0.781. The largest absolute Gasteiger partial charge is 0.279 e. The first-order valence-electron chi connectivity index (χ1n) is 5.54. The number of carbonyl (C=O) groups is 1. The van der Waals surface area contributed by atoms with Crippen molar-refractivity contribution in [3.63, 3.8) is 0 Å². The van der Waals surface area contributed by atoms with E-state index in [0.29, 0.717) is 5.69 Å². The van der Waals surface area contributed by atoms with Gasteiger partial charge in [0.05, 0.1) is 11.4 Å². The summed E-state index contributed by atoms with van der Waals surface area (Å²) in [5.41, 5.74) is 2.13. The molecule has 18 heavy (non-hydrogen) atoms. The molecular formula is C12H16ClNO3S. The van der Waals surface area contributed by atoms with E-state index >= 15 is 0 Å². The fourth-order valence-corrected chi connectivity index (χ4v) is 3.17. The van der Waals surface area contributed by atoms with Gasteiger partial charge >= 0.3 is 0 Å². The lowest BCUT2D eigenvalue weighted by Gasteiger charge is -2.25. The maximum absolute atomic E-state index is 12.1. The van der Waals surface area contributed by atoms with E-state index in [4.69, 9.17) is 11.6 Å². The SMILES string of the molecule is CCS(=O)(=O)N(CC(=O)Cl)c1c(C)cccc1C. The molecule has 6 heteroatoms. The minimum absolute atomic E-state index is 0.0784. The zero-order chi connectivity index (χ0) is 13.9. The monoisotopic (exact) mass is 289 g/mol. The Bertz CT molecular complexity index is 534. The summed E-state index contributed by atoms with van der Waals surface area (Å²) in [4.78, 5) is 11.1. The second-order valence-electron chi connectivity index (χ2n) is 4.00. The lowest BCUT2D eigenvalue weighted by atomic mass is 10.1. The second kappa shape index (κ2) is 5.71. The van der Waals surface area contributed by atoms with Gasteiger partial charge in [0.1, 0.15) is 6.54 Å². The van der Waals surface area contributed by atoms with Gasteiger partial charge in [-0.15, -0.1) is 0 Å². The summed E-state index contributed by atoms with van der Waals surface area (Å²) in [5.74, 6) is -0.0784. The minimum Gasteiger partial charge on any atom is -0.279 e. The van der Waals surface area contributed by atoms with Gasteiger partial charge in [-0.3, -0.25) is 9.10 Å². The predicted octanol–water partition coefficient (Wildman–Crippen LogP) is 2.22. The van der Waals surface area contributed by atoms with Crippen LogP contribution in [0.2, 0.25) is 0 Å². The van der Waals surface area contributed by atoms with Crippen LogP contribution in [0, 0.1) is 13.8 Å². The smallest absolute Gasteiger partial charge is 0.242 e. The molecule has 0 saturated carbocycles. The number of anilines is 1. The van der Waals surface area contributed by atoms with E-state index in [2.05, 4.69) is 0 Å². The lowest BCUT2D eigenvalue weighted by molar-refractivity contribution is -0.110. The molecule has 0 aliphatic rings. The normalized spacial score (nSPS) is 11.3. The summed E-state index contributed by atoms with van der Waals surface area (Å²) in [6, 6.07) is 5.45. The van der Waals surface area contributed by atoms with Crippen LogP contribution < -0.4 is 4.31 Å². The second-order valence-corrected chi connectivity index (χ2v) is 6.61. The van der Waals surface area contributed by atoms with Gasteiger partial charge in [-0.25, -0.2) is 8.42 Å². The van der Waals surface area contributed by atoms with Crippen molar-refractivity contribution < 1.29 is 13.2 Å². The molecule has 0 radical (unpaired) electrons. The van der Waals surface area contributed by atoms with Crippen molar-refractivity contribution in [1.29, 1.82) is 0 Å². The number of hydrogen-bond acceptors (Lipinski definition) is 3. The molecule has 0 aromatic heterocycles. The average molecular weight is 290 g/mol. The van der Waals surface area contributed by atoms with Crippen molar-refractivity contribution in [3.05, 3.63) is 29.3 Å². The molecule has 0 amide bonds. The number of nitrogens with zero attached hydrogens (tertiary/aromatic N) is 1. The number of halogens is 1. The molecule has 1 aromatic carbocycles. The molecule has 4 nitrogen and oxygen atoms in total. The Morgan fingerprint density at radius 2 is 1.78 bits per heavy atom. The summed E-state index contributed by atoms with van der Waals surface area (Å²) < 4.78 is 25.2. The molecule has 0 fully saturated rings. The number of aryl methyl sites for hydroxylation is 2. The molecule has 0 heterocycles. The van der Waals surface area contributed by atoms with E-state index in [0.717, 1.165) is 15.4 Å². The maximum atomic E-state index is 12.1. The van der Waals surface area contributed by atoms with Crippen LogP contribution in [0.15, 0.2) is 18.2 Å². The van der Waals surface area contributed by atoms with Crippen molar-refractivity contribution >= 4 is 32.6 Å². The van der Waals surface area contributed by atoms with Crippen LogP contribution in [-0.4, -0.2) is 26.0 Å². The molecule has 0 aliphatic heterocycles. The van der Waals surface area contributed by atoms with Crippen LogP contribution in [0.1, 0.15) is 18.1 Å². The van der Waals surface area contributed by atoms with Crippen LogP contribution in [0.3, 0.4) is 0 Å². The molecular weight excluding hydrogens is 274 g/mol. The van der Waals surface area contributed by atoms with E-state index in [1.807, 2.05) is 6.07 Å². The zero-order valence-corrected chi connectivity index (χ0v) is 12.2. The van der Waals surface area contributed by atoms with E-state index in [9.17, 15) is 13.2 Å². The maximum Gasteiger partial charge on any atom is 0.242 e. The van der Waals surface area contributed by atoms with Crippen LogP contribution in [0.5, 0.6) is 0 Å². The number of benzene rings is 1. The Kier molecular flexibility index (Phi) is 4.76. The molecule has 0 unspecified atom stereocenters. The van der Waals surface area contributed by atoms with Crippen molar-refractivity contribution in [2.75, 3.05) is 16.6 Å². The molecule has 1 aromatic rings. The molecule has 0 atom stereocenters. The first kappa shape index (κ1) is 15.0. The van der Waals surface area contributed by atoms with Crippen molar-refractivity contribution in [1.82, 2.24) is 0 Å². The number of carbonyl (C=O) groups excluding carboxylic acids is 1. The summed E-state index contributed by atoms with van der Waals surface area (Å²) >= 11 is 5.35. The Labute approximate surface area is 113 Å². The van der Waals surface area contributed by atoms with Crippen molar-refractivity contribution in [3.8, 4) is 0 Å². The van der Waals surface area contributed by atoms with Crippen LogP contribution in [0.4, 0.5) is 5.69 Å². The molecule has 0 spiro atoms. The molecule has 1 rings (SSSR count). The number of para-hydroxylation sites is 1. The summed E-state index contributed by atoms with van der Waals surface area (Å²) in [7, 11) is -3.53. The molecule has 0 aliphatic carbocycles. The summed E-state index contributed by atoms with van der Waals surface area (Å²) in [6.45, 7) is 4.80. The highest BCUT2D eigenvalue weighted by Crippen LogP contribution is 2.27. The highest BCUT2D eigenvalue weighted by molar-refractivity contribution is 7.92. The third kappa shape index (κ3) is 3.23. The fraction of sp³-hybridized carbons (Fsp3) is 0.417. The van der Waals surface area contributed by atoms with E-state index in [-0.39, 0.29) is 12.3 Å². The number of rotatable bonds is 5. The van der Waals surface area contributed by atoms with Gasteiger partial charge < -0.3 is 0 Å². The van der Waals surface area contributed by atoms with E-state index < -0.39 is 15.3 Å². The molecule has 0 saturated heterocycles. The fourth-order valence-electron chi connectivity index (χ4n) is 1.78. The topological polar surface area (TPSA) is 54.5 Å². The Balaban J connectivity index is 3.40. The molecule has 0 bridgehead atoms. The van der Waals surface area contributed by atoms with E-state index in [1.165, 1.54) is 6.92 Å². The highest BCUT2D eigenvalue weighted by Gasteiger charge is 2.25. The summed E-state index contributed by atoms with van der Waals surface area (Å²) in [6.07, 6.45) is 0. The average Bonchev–Trinajstić information content (AvgIpc) is 2.27. The number of sulfonamides is 1. The van der Waals surface area contributed by atoms with Crippen molar-refractivity contribution in [2.45, 2.75) is 20.8 Å². The van der Waals surface area contributed by atoms with Crippen LogP contribution in [0.25, 0.3) is 0 Å². The minimum atomic E-state index is -3.53. The lowest BCUT2D eigenvalue weighted by Crippen LogP contribution is -2.36. The third-order valence-corrected chi connectivity index (χ3v) is 4.49. The number of hydrogen-bond donors (Lipinski definition) is 0. The van der Waals surface area contributed by atoms with E-state index in [1.54, 1.807) is 26.0 Å². The van der Waals surface area contributed by atoms with Gasteiger partial charge in [0.2, 0.25) is 15.3 Å². The van der Waals surface area contributed by atoms with Gasteiger partial charge in [0.25, 0.3) is 0 Å². The molecule has 100 valence electrons. The van der Waals surface area contributed by atoms with Crippen LogP contribution >= 0.6 is 11.6 Å². The van der Waals surface area contributed by atoms with Crippen LogP contribution in [-0.2, 0) is 14.8 Å². The van der Waals surface area contributed by atoms with Gasteiger partial charge in [-0.2, -0.15) is 0 Å². The van der Waals surface area contributed by atoms with Crippen molar-refractivity contribution in [2.24, 2.45) is 0 Å². The first-order valence-corrected chi connectivity index (χ1v) is 7.53. The highest BCUT2D eigenvalue weighted by atomic mass is 35.5.